The molecule has 0 amide bonds. The second kappa shape index (κ2) is 6.32. The van der Waals surface area contributed by atoms with E-state index in [1.54, 1.807) is 0 Å². The average molecular weight is 307 g/mol. The van der Waals surface area contributed by atoms with Gasteiger partial charge in [-0.3, -0.25) is 0 Å². The van der Waals surface area contributed by atoms with Crippen molar-refractivity contribution in [1.82, 2.24) is 19.4 Å². The molecule has 2 aromatic heterocycles. The smallest absolute Gasteiger partial charge is 0.160 e. The number of hydrogen-bond donors (Lipinski definition) is 0. The van der Waals surface area contributed by atoms with Gasteiger partial charge in [0.05, 0.1) is 0 Å². The van der Waals surface area contributed by atoms with Crippen molar-refractivity contribution < 1.29 is 0 Å². The van der Waals surface area contributed by atoms with Crippen LogP contribution >= 0.6 is 11.6 Å². The first-order chi connectivity index (χ1) is 10.2. The second-order valence-electron chi connectivity index (χ2n) is 6.05. The lowest BCUT2D eigenvalue weighted by molar-refractivity contribution is 0.287. The topological polar surface area (TPSA) is 34.0 Å². The fraction of sp³-hybridized carbons (Fsp3) is 0.625. The van der Waals surface area contributed by atoms with Crippen LogP contribution in [0.2, 0.25) is 0 Å². The maximum Gasteiger partial charge on any atom is 0.160 e. The molecule has 0 bridgehead atoms. The highest BCUT2D eigenvalue weighted by atomic mass is 35.5. The Morgan fingerprint density at radius 2 is 2.10 bits per heavy atom. The highest BCUT2D eigenvalue weighted by Crippen LogP contribution is 2.23. The minimum atomic E-state index is 0.376. The monoisotopic (exact) mass is 306 g/mol. The van der Waals surface area contributed by atoms with E-state index in [0.29, 0.717) is 11.9 Å². The van der Waals surface area contributed by atoms with Gasteiger partial charge in [0.25, 0.3) is 0 Å². The molecule has 0 aromatic carbocycles. The summed E-state index contributed by atoms with van der Waals surface area (Å²) in [5.41, 5.74) is 3.13. The Bertz CT molecular complexity index is 616. The number of likely N-dealkylation sites (tertiary alicyclic amines) is 1. The number of halogens is 1. The summed E-state index contributed by atoms with van der Waals surface area (Å²) >= 11 is 5.96. The van der Waals surface area contributed by atoms with E-state index in [-0.39, 0.29) is 0 Å². The lowest BCUT2D eigenvalue weighted by Crippen LogP contribution is -2.28. The van der Waals surface area contributed by atoms with Crippen molar-refractivity contribution in [1.29, 1.82) is 0 Å². The number of rotatable bonds is 5. The molecule has 3 rings (SSSR count). The molecule has 1 aliphatic heterocycles. The van der Waals surface area contributed by atoms with Gasteiger partial charge in [0, 0.05) is 31.1 Å². The molecule has 0 N–H and O–H groups in total. The molecule has 1 fully saturated rings. The second-order valence-corrected chi connectivity index (χ2v) is 6.43. The molecular formula is C16H23ClN4. The van der Waals surface area contributed by atoms with Gasteiger partial charge in [0.2, 0.25) is 0 Å². The van der Waals surface area contributed by atoms with Crippen LogP contribution in [0.3, 0.4) is 0 Å². The Hall–Kier alpha value is -1.13. The maximum atomic E-state index is 5.96. The van der Waals surface area contributed by atoms with Gasteiger partial charge in [0.15, 0.2) is 5.65 Å². The summed E-state index contributed by atoms with van der Waals surface area (Å²) in [5.74, 6) is 1.66. The van der Waals surface area contributed by atoms with Crippen LogP contribution in [0.4, 0.5) is 0 Å². The Morgan fingerprint density at radius 1 is 1.33 bits per heavy atom. The van der Waals surface area contributed by atoms with E-state index in [9.17, 15) is 0 Å². The predicted molar refractivity (Wildman–Crippen MR) is 87.1 cm³/mol. The number of pyridine rings is 1. The van der Waals surface area contributed by atoms with Crippen molar-refractivity contribution in [3.8, 4) is 0 Å². The molecule has 4 nitrogen and oxygen atoms in total. The van der Waals surface area contributed by atoms with Crippen LogP contribution in [0.1, 0.15) is 37.2 Å². The fourth-order valence-corrected chi connectivity index (χ4v) is 3.44. The quantitative estimate of drug-likeness (QED) is 0.796. The van der Waals surface area contributed by atoms with Crippen LogP contribution in [0.15, 0.2) is 12.3 Å². The molecule has 3 heterocycles. The molecular weight excluding hydrogens is 284 g/mol. The predicted octanol–water partition coefficient (Wildman–Crippen LogP) is 3.18. The van der Waals surface area contributed by atoms with E-state index in [1.165, 1.54) is 25.9 Å². The summed E-state index contributed by atoms with van der Waals surface area (Å²) in [5, 5.41) is 0. The molecule has 1 aliphatic rings. The summed E-state index contributed by atoms with van der Waals surface area (Å²) in [6, 6.07) is 2.49. The van der Waals surface area contributed by atoms with Gasteiger partial charge in [-0.15, -0.1) is 11.6 Å². The van der Waals surface area contributed by atoms with Crippen LogP contribution < -0.4 is 0 Å². The fourth-order valence-electron chi connectivity index (χ4n) is 3.27. The average Bonchev–Trinajstić information content (AvgIpc) is 3.05. The zero-order valence-electron chi connectivity index (χ0n) is 12.8. The van der Waals surface area contributed by atoms with E-state index < -0.39 is 0 Å². The third kappa shape index (κ3) is 3.06. The minimum absolute atomic E-state index is 0.376. The van der Waals surface area contributed by atoms with Gasteiger partial charge >= 0.3 is 0 Å². The minimum Gasteiger partial charge on any atom is -0.309 e. The number of alkyl halides is 1. The van der Waals surface area contributed by atoms with Crippen LogP contribution in [0, 0.1) is 6.92 Å². The van der Waals surface area contributed by atoms with Crippen molar-refractivity contribution in [3.05, 3.63) is 23.7 Å². The Kier molecular flexibility index (Phi) is 4.45. The molecule has 1 saturated heterocycles. The van der Waals surface area contributed by atoms with Gasteiger partial charge in [-0.05, 0) is 51.4 Å². The normalized spacial score (nSPS) is 17.7. The van der Waals surface area contributed by atoms with Crippen LogP contribution in [0.5, 0.6) is 0 Å². The summed E-state index contributed by atoms with van der Waals surface area (Å²) in [6.07, 6.45) is 5.36. The molecule has 0 radical (unpaired) electrons. The van der Waals surface area contributed by atoms with Crippen molar-refractivity contribution in [2.45, 2.75) is 39.2 Å². The van der Waals surface area contributed by atoms with Crippen LogP contribution in [-0.2, 0) is 6.42 Å². The zero-order chi connectivity index (χ0) is 14.8. The maximum absolute atomic E-state index is 5.96. The number of aryl methyl sites for hydroxylation is 2. The van der Waals surface area contributed by atoms with Crippen molar-refractivity contribution in [2.75, 3.05) is 25.5 Å². The highest BCUT2D eigenvalue weighted by Gasteiger charge is 2.20. The molecule has 1 atom stereocenters. The molecule has 0 aliphatic carbocycles. The number of nitrogens with zero attached hydrogens (tertiary/aromatic N) is 4. The molecule has 5 heteroatoms. The molecule has 0 spiro atoms. The number of hydrogen-bond acceptors (Lipinski definition) is 3. The molecule has 21 heavy (non-hydrogen) atoms. The van der Waals surface area contributed by atoms with Crippen molar-refractivity contribution in [2.24, 2.45) is 0 Å². The largest absolute Gasteiger partial charge is 0.309 e. The van der Waals surface area contributed by atoms with Gasteiger partial charge in [-0.25, -0.2) is 9.97 Å². The Labute approximate surface area is 131 Å². The number of aromatic nitrogens is 3. The van der Waals surface area contributed by atoms with E-state index in [4.69, 9.17) is 16.6 Å². The van der Waals surface area contributed by atoms with Crippen LogP contribution in [-0.4, -0.2) is 44.9 Å². The van der Waals surface area contributed by atoms with Gasteiger partial charge in [-0.2, -0.15) is 0 Å². The van der Waals surface area contributed by atoms with E-state index in [1.807, 2.05) is 6.20 Å². The number of imidazole rings is 1. The van der Waals surface area contributed by atoms with E-state index in [0.717, 1.165) is 35.5 Å². The third-order valence-corrected chi connectivity index (χ3v) is 4.41. The van der Waals surface area contributed by atoms with Crippen molar-refractivity contribution >= 4 is 22.8 Å². The zero-order valence-corrected chi connectivity index (χ0v) is 13.6. The van der Waals surface area contributed by atoms with Gasteiger partial charge in [-0.1, -0.05) is 0 Å². The first-order valence-electron chi connectivity index (χ1n) is 7.81. The third-order valence-electron chi connectivity index (χ3n) is 4.22. The lowest BCUT2D eigenvalue weighted by atomic mass is 10.2. The summed E-state index contributed by atoms with van der Waals surface area (Å²) in [6.45, 7) is 7.82. The molecule has 0 saturated carbocycles. The summed E-state index contributed by atoms with van der Waals surface area (Å²) < 4.78 is 2.29. The van der Waals surface area contributed by atoms with Gasteiger partial charge in [0.1, 0.15) is 11.3 Å². The van der Waals surface area contributed by atoms with E-state index in [2.05, 4.69) is 34.4 Å². The van der Waals surface area contributed by atoms with E-state index >= 15 is 0 Å². The summed E-state index contributed by atoms with van der Waals surface area (Å²) in [4.78, 5) is 11.9. The summed E-state index contributed by atoms with van der Waals surface area (Å²) in [7, 11) is 0. The SMILES string of the molecule is Cc1cnc2c(c1)nc(CCCl)n2C(C)CN1CCCC1. The lowest BCUT2D eigenvalue weighted by Gasteiger charge is -2.23. The Balaban J connectivity index is 1.95. The first kappa shape index (κ1) is 14.8. The molecule has 2 aromatic rings. The highest BCUT2D eigenvalue weighted by molar-refractivity contribution is 6.17. The molecule has 1 unspecified atom stereocenters. The molecule has 114 valence electrons. The van der Waals surface area contributed by atoms with Crippen molar-refractivity contribution in [3.63, 3.8) is 0 Å². The first-order valence-corrected chi connectivity index (χ1v) is 8.34. The van der Waals surface area contributed by atoms with Crippen LogP contribution in [0.25, 0.3) is 11.2 Å². The Morgan fingerprint density at radius 3 is 2.81 bits per heavy atom. The standard InChI is InChI=1S/C16H23ClN4/c1-12-9-14-16(18-10-12)21(15(19-14)5-6-17)13(2)11-20-7-3-4-8-20/h9-10,13H,3-8,11H2,1-2H3. The number of fused-ring (bicyclic) bond motifs is 1. The van der Waals surface area contributed by atoms with Gasteiger partial charge < -0.3 is 9.47 Å².